The molecule has 2 heterocycles. The number of hydrogen-bond donors (Lipinski definition) is 2. The predicted octanol–water partition coefficient (Wildman–Crippen LogP) is 0.708. The number of hydrogen-bond acceptors (Lipinski definition) is 5. The quantitative estimate of drug-likeness (QED) is 0.848. The first-order valence-electron chi connectivity index (χ1n) is 6.17. The van der Waals surface area contributed by atoms with Gasteiger partial charge in [-0.3, -0.25) is 0 Å². The van der Waals surface area contributed by atoms with Gasteiger partial charge < -0.3 is 9.88 Å². The summed E-state index contributed by atoms with van der Waals surface area (Å²) in [6.07, 6.45) is 4.56. The van der Waals surface area contributed by atoms with Gasteiger partial charge in [-0.15, -0.1) is 0 Å². The minimum atomic E-state index is -3.25. The van der Waals surface area contributed by atoms with Gasteiger partial charge in [0.2, 0.25) is 10.0 Å². The zero-order chi connectivity index (χ0) is 15.0. The Balaban J connectivity index is 2.17. The van der Waals surface area contributed by atoms with Crippen LogP contribution in [0.4, 0.5) is 5.82 Å². The molecule has 0 unspecified atom stereocenters. The summed E-state index contributed by atoms with van der Waals surface area (Å²) in [5, 5.41) is 3.15. The Hall–Kier alpha value is -1.67. The van der Waals surface area contributed by atoms with Gasteiger partial charge in [0.15, 0.2) is 5.82 Å². The van der Waals surface area contributed by atoms with Gasteiger partial charge in [-0.1, -0.05) is 0 Å². The molecule has 2 aromatic heterocycles. The Morgan fingerprint density at radius 1 is 1.35 bits per heavy atom. The number of rotatable bonds is 5. The third-order valence-corrected chi connectivity index (χ3v) is 3.73. The summed E-state index contributed by atoms with van der Waals surface area (Å²) in [7, 11) is -1.34. The minimum Gasteiger partial charge on any atom is -0.366 e. The molecule has 20 heavy (non-hydrogen) atoms. The van der Waals surface area contributed by atoms with Crippen molar-refractivity contribution in [1.29, 1.82) is 0 Å². The Kier molecular flexibility index (Phi) is 3.70. The molecule has 7 nitrogen and oxygen atoms in total. The highest BCUT2D eigenvalue weighted by Gasteiger charge is 2.22. The fourth-order valence-electron chi connectivity index (χ4n) is 2.03. The van der Waals surface area contributed by atoms with Crippen LogP contribution in [0.25, 0.3) is 11.0 Å². The van der Waals surface area contributed by atoms with Gasteiger partial charge in [-0.25, -0.2) is 23.1 Å². The summed E-state index contributed by atoms with van der Waals surface area (Å²) in [5.74, 6) is 0.645. The van der Waals surface area contributed by atoms with Gasteiger partial charge in [0.25, 0.3) is 0 Å². The molecular formula is C12H19N5O2S. The zero-order valence-electron chi connectivity index (χ0n) is 12.0. The lowest BCUT2D eigenvalue weighted by atomic mass is 10.1. The van der Waals surface area contributed by atoms with Gasteiger partial charge in [0.05, 0.1) is 18.1 Å². The Morgan fingerprint density at radius 3 is 2.70 bits per heavy atom. The van der Waals surface area contributed by atoms with E-state index in [2.05, 4.69) is 20.0 Å². The number of anilines is 1. The van der Waals surface area contributed by atoms with Crippen LogP contribution in [-0.4, -0.2) is 41.3 Å². The Labute approximate surface area is 118 Å². The van der Waals surface area contributed by atoms with Crippen molar-refractivity contribution < 1.29 is 8.42 Å². The highest BCUT2D eigenvalue weighted by Crippen LogP contribution is 2.19. The van der Waals surface area contributed by atoms with E-state index < -0.39 is 15.6 Å². The molecule has 2 rings (SSSR count). The molecule has 0 aliphatic heterocycles. The Bertz CT molecular complexity index is 721. The lowest BCUT2D eigenvalue weighted by molar-refractivity contribution is 0.476. The van der Waals surface area contributed by atoms with Crippen LogP contribution in [0.3, 0.4) is 0 Å². The number of fused-ring (bicyclic) bond motifs is 1. The van der Waals surface area contributed by atoms with E-state index in [0.29, 0.717) is 12.4 Å². The summed E-state index contributed by atoms with van der Waals surface area (Å²) < 4.78 is 27.1. The summed E-state index contributed by atoms with van der Waals surface area (Å²) in [6.45, 7) is 4.02. The molecule has 0 aromatic carbocycles. The van der Waals surface area contributed by atoms with Gasteiger partial charge in [-0.05, 0) is 19.9 Å². The van der Waals surface area contributed by atoms with Crippen molar-refractivity contribution in [2.75, 3.05) is 18.1 Å². The van der Waals surface area contributed by atoms with E-state index in [4.69, 9.17) is 0 Å². The molecule has 0 radical (unpaired) electrons. The lowest BCUT2D eigenvalue weighted by Crippen LogP contribution is -2.47. The monoisotopic (exact) mass is 297 g/mol. The molecular weight excluding hydrogens is 278 g/mol. The molecule has 110 valence electrons. The van der Waals surface area contributed by atoms with Gasteiger partial charge >= 0.3 is 0 Å². The van der Waals surface area contributed by atoms with E-state index in [1.54, 1.807) is 26.4 Å². The minimum absolute atomic E-state index is 0.406. The molecule has 2 aromatic rings. The number of imidazole rings is 1. The topological polar surface area (TPSA) is 88.9 Å². The molecule has 0 bridgehead atoms. The maximum absolute atomic E-state index is 11.3. The molecule has 0 aliphatic carbocycles. The highest BCUT2D eigenvalue weighted by atomic mass is 32.2. The third-order valence-electron chi connectivity index (χ3n) is 2.80. The first kappa shape index (κ1) is 14.7. The number of aromatic nitrogens is 3. The highest BCUT2D eigenvalue weighted by molar-refractivity contribution is 7.88. The summed E-state index contributed by atoms with van der Waals surface area (Å²) in [5.41, 5.74) is 1.12. The second kappa shape index (κ2) is 5.02. The molecule has 0 spiro atoms. The van der Waals surface area contributed by atoms with E-state index in [-0.39, 0.29) is 0 Å². The van der Waals surface area contributed by atoms with Crippen LogP contribution in [0.2, 0.25) is 0 Å². The van der Waals surface area contributed by atoms with Crippen LogP contribution in [0.15, 0.2) is 18.6 Å². The maximum atomic E-state index is 11.3. The van der Waals surface area contributed by atoms with Crippen molar-refractivity contribution in [3.05, 3.63) is 18.6 Å². The smallest absolute Gasteiger partial charge is 0.209 e. The summed E-state index contributed by atoms with van der Waals surface area (Å²) in [4.78, 5) is 8.55. The molecule has 0 aliphatic rings. The van der Waals surface area contributed by atoms with Gasteiger partial charge in [0.1, 0.15) is 5.52 Å². The van der Waals surface area contributed by atoms with Crippen molar-refractivity contribution in [1.82, 2.24) is 19.3 Å². The second-order valence-electron chi connectivity index (χ2n) is 5.49. The van der Waals surface area contributed by atoms with Crippen molar-refractivity contribution in [3.8, 4) is 0 Å². The zero-order valence-corrected chi connectivity index (χ0v) is 12.8. The molecule has 0 saturated carbocycles. The SMILES string of the molecule is Cn1cnc2c(NCC(C)(C)NS(C)(=O)=O)nccc21. The van der Waals surface area contributed by atoms with Crippen LogP contribution < -0.4 is 10.0 Å². The maximum Gasteiger partial charge on any atom is 0.209 e. The standard InChI is InChI=1S/C12H19N5O2S/c1-12(2,16-20(4,18)19)7-14-11-10-9(5-6-13-11)17(3)8-15-10/h5-6,8,16H,7H2,1-4H3,(H,13,14). The van der Waals surface area contributed by atoms with Crippen LogP contribution in [0.5, 0.6) is 0 Å². The molecule has 0 amide bonds. The molecule has 0 saturated heterocycles. The Morgan fingerprint density at radius 2 is 2.05 bits per heavy atom. The fourth-order valence-corrected chi connectivity index (χ4v) is 3.11. The number of nitrogens with zero attached hydrogens (tertiary/aromatic N) is 3. The summed E-state index contributed by atoms with van der Waals surface area (Å²) >= 11 is 0. The first-order chi connectivity index (χ1) is 9.18. The lowest BCUT2D eigenvalue weighted by Gasteiger charge is -2.25. The van der Waals surface area contributed by atoms with Crippen LogP contribution in [-0.2, 0) is 17.1 Å². The number of nitrogens with one attached hydrogen (secondary N) is 2. The average molecular weight is 297 g/mol. The molecule has 2 N–H and O–H groups in total. The average Bonchev–Trinajstić information content (AvgIpc) is 2.66. The van der Waals surface area contributed by atoms with Crippen molar-refractivity contribution in [2.24, 2.45) is 7.05 Å². The van der Waals surface area contributed by atoms with Crippen molar-refractivity contribution in [3.63, 3.8) is 0 Å². The molecule has 0 fully saturated rings. The largest absolute Gasteiger partial charge is 0.366 e. The van der Waals surface area contributed by atoms with E-state index in [1.165, 1.54) is 0 Å². The van der Waals surface area contributed by atoms with Crippen molar-refractivity contribution >= 4 is 26.9 Å². The molecule has 8 heteroatoms. The third kappa shape index (κ3) is 3.45. The molecule has 0 atom stereocenters. The predicted molar refractivity (Wildman–Crippen MR) is 79.1 cm³/mol. The van der Waals surface area contributed by atoms with E-state index in [1.807, 2.05) is 17.7 Å². The van der Waals surface area contributed by atoms with Crippen LogP contribution >= 0.6 is 0 Å². The number of pyridine rings is 1. The number of sulfonamides is 1. The van der Waals surface area contributed by atoms with E-state index in [9.17, 15) is 8.42 Å². The van der Waals surface area contributed by atoms with E-state index >= 15 is 0 Å². The second-order valence-corrected chi connectivity index (χ2v) is 7.24. The van der Waals surface area contributed by atoms with Gasteiger partial charge in [0, 0.05) is 25.3 Å². The van der Waals surface area contributed by atoms with Crippen LogP contribution in [0.1, 0.15) is 13.8 Å². The fraction of sp³-hybridized carbons (Fsp3) is 0.500. The van der Waals surface area contributed by atoms with E-state index in [0.717, 1.165) is 17.3 Å². The number of aryl methyl sites for hydroxylation is 1. The normalized spacial score (nSPS) is 12.8. The van der Waals surface area contributed by atoms with Crippen LogP contribution in [0, 0.1) is 0 Å². The van der Waals surface area contributed by atoms with Gasteiger partial charge in [-0.2, -0.15) is 0 Å². The first-order valence-corrected chi connectivity index (χ1v) is 8.06. The van der Waals surface area contributed by atoms with Crippen molar-refractivity contribution in [2.45, 2.75) is 19.4 Å². The summed E-state index contributed by atoms with van der Waals surface area (Å²) in [6, 6.07) is 1.88.